The largest absolute Gasteiger partial charge is 0.502 e. The number of nitro benzene ring substituents is 1. The minimum atomic E-state index is -0.737. The Bertz CT molecular complexity index is 537. The summed E-state index contributed by atoms with van der Waals surface area (Å²) in [5, 5.41) is 22.8. The van der Waals surface area contributed by atoms with Crippen LogP contribution in [-0.2, 0) is 4.74 Å². The van der Waals surface area contributed by atoms with Crippen molar-refractivity contribution < 1.29 is 19.6 Å². The van der Waals surface area contributed by atoms with E-state index in [1.54, 1.807) is 7.11 Å². The van der Waals surface area contributed by atoms with E-state index in [1.165, 1.54) is 6.07 Å². The normalized spacial score (nSPS) is 12.8. The van der Waals surface area contributed by atoms with Crippen LogP contribution in [0.1, 0.15) is 31.1 Å². The third-order valence-corrected chi connectivity index (χ3v) is 3.13. The van der Waals surface area contributed by atoms with E-state index >= 15 is 0 Å². The summed E-state index contributed by atoms with van der Waals surface area (Å²) >= 11 is 0. The molecule has 0 bridgehead atoms. The number of phenols is 1. The smallest absolute Gasteiger partial charge is 0.311 e. The minimum absolute atomic E-state index is 0.114. The quantitative estimate of drug-likeness (QED) is 0.640. The number of hydrogen-bond acceptors (Lipinski definition) is 5. The summed E-state index contributed by atoms with van der Waals surface area (Å²) in [4.78, 5) is 22.0. The Morgan fingerprint density at radius 2 is 2.10 bits per heavy atom. The lowest BCUT2D eigenvalue weighted by molar-refractivity contribution is -0.385. The highest BCUT2D eigenvalue weighted by molar-refractivity contribution is 5.95. The highest BCUT2D eigenvalue weighted by Crippen LogP contribution is 2.26. The van der Waals surface area contributed by atoms with Crippen LogP contribution < -0.4 is 5.32 Å². The molecular weight excluding hydrogens is 276 g/mol. The summed E-state index contributed by atoms with van der Waals surface area (Å²) in [5.41, 5.74) is -0.534. The highest BCUT2D eigenvalue weighted by Gasteiger charge is 2.25. The minimum Gasteiger partial charge on any atom is -0.502 e. The molecule has 0 saturated carbocycles. The number of ether oxygens (including phenoxy) is 1. The third kappa shape index (κ3) is 4.42. The van der Waals surface area contributed by atoms with Crippen molar-refractivity contribution >= 4 is 11.6 Å². The average Bonchev–Trinajstić information content (AvgIpc) is 2.37. The van der Waals surface area contributed by atoms with Gasteiger partial charge in [-0.2, -0.15) is 0 Å². The predicted octanol–water partition coefficient (Wildman–Crippen LogP) is 2.09. The van der Waals surface area contributed by atoms with Crippen LogP contribution in [0.4, 0.5) is 5.69 Å². The molecule has 7 nitrogen and oxygen atoms in total. The van der Waals surface area contributed by atoms with Crippen molar-refractivity contribution in [3.05, 3.63) is 33.9 Å². The van der Waals surface area contributed by atoms with Gasteiger partial charge in [0.25, 0.3) is 5.91 Å². The van der Waals surface area contributed by atoms with E-state index in [9.17, 15) is 20.0 Å². The molecule has 1 unspecified atom stereocenters. The zero-order valence-corrected chi connectivity index (χ0v) is 12.5. The number of amides is 1. The first-order chi connectivity index (χ1) is 9.66. The fourth-order valence-corrected chi connectivity index (χ4v) is 1.84. The number of rotatable bonds is 5. The Labute approximate surface area is 123 Å². The summed E-state index contributed by atoms with van der Waals surface area (Å²) in [7, 11) is 1.56. The van der Waals surface area contributed by atoms with Gasteiger partial charge in [0.2, 0.25) is 0 Å². The summed E-state index contributed by atoms with van der Waals surface area (Å²) < 4.78 is 5.32. The molecule has 1 atom stereocenters. The molecule has 0 aliphatic rings. The van der Waals surface area contributed by atoms with Gasteiger partial charge in [0.15, 0.2) is 5.75 Å². The molecule has 1 rings (SSSR count). The lowest BCUT2D eigenvalue weighted by atomic mass is 9.89. The standard InChI is InChI=1S/C14H20N2O5/c1-14(2,3)12(21-4)8-15-13(18)9-5-6-11(17)10(7-9)16(19)20/h5-7,12,17H,8H2,1-4H3,(H,15,18). The Morgan fingerprint density at radius 3 is 2.57 bits per heavy atom. The molecule has 0 radical (unpaired) electrons. The van der Waals surface area contributed by atoms with E-state index < -0.39 is 22.3 Å². The zero-order valence-electron chi connectivity index (χ0n) is 12.5. The first-order valence-corrected chi connectivity index (χ1v) is 6.45. The van der Waals surface area contributed by atoms with Crippen LogP contribution in [0.5, 0.6) is 5.75 Å². The van der Waals surface area contributed by atoms with Gasteiger partial charge >= 0.3 is 5.69 Å². The van der Waals surface area contributed by atoms with Crippen LogP contribution in [-0.4, -0.2) is 35.7 Å². The molecule has 0 spiro atoms. The summed E-state index contributed by atoms with van der Waals surface area (Å²) in [6.45, 7) is 6.24. The maximum absolute atomic E-state index is 12.0. The molecule has 21 heavy (non-hydrogen) atoms. The lowest BCUT2D eigenvalue weighted by Gasteiger charge is -2.29. The van der Waals surface area contributed by atoms with E-state index in [2.05, 4.69) is 5.32 Å². The molecule has 0 aliphatic heterocycles. The second kappa shape index (κ2) is 6.53. The van der Waals surface area contributed by atoms with Crippen LogP contribution in [0, 0.1) is 15.5 Å². The Balaban J connectivity index is 2.81. The van der Waals surface area contributed by atoms with Gasteiger partial charge in [-0.05, 0) is 17.5 Å². The maximum atomic E-state index is 12.0. The van der Waals surface area contributed by atoms with Crippen molar-refractivity contribution in [2.75, 3.05) is 13.7 Å². The fraction of sp³-hybridized carbons (Fsp3) is 0.500. The number of nitrogens with one attached hydrogen (secondary N) is 1. The van der Waals surface area contributed by atoms with Crippen LogP contribution >= 0.6 is 0 Å². The monoisotopic (exact) mass is 296 g/mol. The van der Waals surface area contributed by atoms with Crippen molar-refractivity contribution in [3.63, 3.8) is 0 Å². The van der Waals surface area contributed by atoms with Gasteiger partial charge in [0, 0.05) is 25.3 Å². The molecule has 0 aromatic heterocycles. The molecule has 1 amide bonds. The second-order valence-electron chi connectivity index (χ2n) is 5.76. The van der Waals surface area contributed by atoms with Gasteiger partial charge in [0.1, 0.15) is 0 Å². The van der Waals surface area contributed by atoms with E-state index in [4.69, 9.17) is 4.74 Å². The van der Waals surface area contributed by atoms with Crippen molar-refractivity contribution in [1.29, 1.82) is 0 Å². The first-order valence-electron chi connectivity index (χ1n) is 6.45. The molecule has 0 heterocycles. The van der Waals surface area contributed by atoms with Gasteiger partial charge in [0.05, 0.1) is 11.0 Å². The van der Waals surface area contributed by atoms with Crippen LogP contribution in [0.15, 0.2) is 18.2 Å². The van der Waals surface area contributed by atoms with Crippen molar-refractivity contribution in [1.82, 2.24) is 5.32 Å². The number of nitro groups is 1. The van der Waals surface area contributed by atoms with Gasteiger partial charge < -0.3 is 15.2 Å². The maximum Gasteiger partial charge on any atom is 0.311 e. The predicted molar refractivity (Wildman–Crippen MR) is 77.3 cm³/mol. The van der Waals surface area contributed by atoms with E-state index in [0.29, 0.717) is 0 Å². The topological polar surface area (TPSA) is 102 Å². The Morgan fingerprint density at radius 1 is 1.48 bits per heavy atom. The third-order valence-electron chi connectivity index (χ3n) is 3.13. The molecule has 1 aromatic rings. The van der Waals surface area contributed by atoms with Crippen LogP contribution in [0.25, 0.3) is 0 Å². The number of methoxy groups -OCH3 is 1. The first kappa shape index (κ1) is 16.9. The second-order valence-corrected chi connectivity index (χ2v) is 5.76. The highest BCUT2D eigenvalue weighted by atomic mass is 16.6. The SMILES string of the molecule is COC(CNC(=O)c1ccc(O)c([N+](=O)[O-])c1)C(C)(C)C. The summed E-state index contributed by atoms with van der Waals surface area (Å²) in [6.07, 6.45) is -0.187. The van der Waals surface area contributed by atoms with Crippen LogP contribution in [0.2, 0.25) is 0 Å². The number of carbonyl (C=O) groups excluding carboxylic acids is 1. The molecule has 0 fully saturated rings. The number of aromatic hydroxyl groups is 1. The molecular formula is C14H20N2O5. The van der Waals surface area contributed by atoms with E-state index in [-0.39, 0.29) is 23.6 Å². The number of phenolic OH excluding ortho intramolecular Hbond substituents is 1. The number of nitrogens with zero attached hydrogens (tertiary/aromatic N) is 1. The van der Waals surface area contributed by atoms with Crippen molar-refractivity contribution in [3.8, 4) is 5.75 Å². The van der Waals surface area contributed by atoms with Crippen molar-refractivity contribution in [2.24, 2.45) is 5.41 Å². The van der Waals surface area contributed by atoms with Gasteiger partial charge in [-0.3, -0.25) is 14.9 Å². The molecule has 0 aliphatic carbocycles. The number of hydrogen-bond donors (Lipinski definition) is 2. The number of carbonyl (C=O) groups is 1. The van der Waals surface area contributed by atoms with Crippen molar-refractivity contribution in [2.45, 2.75) is 26.9 Å². The molecule has 116 valence electrons. The van der Waals surface area contributed by atoms with E-state index in [1.807, 2.05) is 20.8 Å². The van der Waals surface area contributed by atoms with E-state index in [0.717, 1.165) is 12.1 Å². The average molecular weight is 296 g/mol. The molecule has 1 aromatic carbocycles. The lowest BCUT2D eigenvalue weighted by Crippen LogP contribution is -2.40. The Kier molecular flexibility index (Phi) is 5.26. The summed E-state index contributed by atoms with van der Waals surface area (Å²) in [6, 6.07) is 3.50. The van der Waals surface area contributed by atoms with Gasteiger partial charge in [-0.1, -0.05) is 20.8 Å². The molecule has 2 N–H and O–H groups in total. The van der Waals surface area contributed by atoms with Crippen LogP contribution in [0.3, 0.4) is 0 Å². The molecule has 7 heteroatoms. The van der Waals surface area contributed by atoms with Gasteiger partial charge in [-0.15, -0.1) is 0 Å². The molecule has 0 saturated heterocycles. The zero-order chi connectivity index (χ0) is 16.2. The van der Waals surface area contributed by atoms with Gasteiger partial charge in [-0.25, -0.2) is 0 Å². The fourth-order valence-electron chi connectivity index (χ4n) is 1.84. The Hall–Kier alpha value is -2.15. The number of benzene rings is 1. The summed E-state index contributed by atoms with van der Waals surface area (Å²) in [5.74, 6) is -0.926.